The van der Waals surface area contributed by atoms with Crippen molar-refractivity contribution in [3.8, 4) is 0 Å². The van der Waals surface area contributed by atoms with E-state index in [-0.39, 0.29) is 18.6 Å². The van der Waals surface area contributed by atoms with Crippen LogP contribution in [0.3, 0.4) is 0 Å². The van der Waals surface area contributed by atoms with Crippen molar-refractivity contribution in [3.63, 3.8) is 0 Å². The summed E-state index contributed by atoms with van der Waals surface area (Å²) in [6.07, 6.45) is -0.233. The zero-order valence-corrected chi connectivity index (χ0v) is 14.2. The number of benzene rings is 2. The lowest BCUT2D eigenvalue weighted by Gasteiger charge is -2.10. The quantitative estimate of drug-likeness (QED) is 0.730. The fourth-order valence-electron chi connectivity index (χ4n) is 2.11. The third kappa shape index (κ3) is 5.09. The van der Waals surface area contributed by atoms with Crippen LogP contribution in [0.1, 0.15) is 33.2 Å². The van der Waals surface area contributed by atoms with Gasteiger partial charge in [-0.1, -0.05) is 11.8 Å². The fourth-order valence-corrected chi connectivity index (χ4v) is 3.04. The molecule has 7 heteroatoms. The number of aliphatic carboxylic acids is 1. The number of rotatable bonds is 7. The van der Waals surface area contributed by atoms with Gasteiger partial charge in [0.15, 0.2) is 0 Å². The minimum Gasteiger partial charge on any atom is -0.481 e. The molecule has 0 atom stereocenters. The molecule has 130 valence electrons. The molecule has 0 saturated carbocycles. The first kappa shape index (κ1) is 18.5. The van der Waals surface area contributed by atoms with Crippen LogP contribution in [0, 0.1) is 0 Å². The summed E-state index contributed by atoms with van der Waals surface area (Å²) in [5.41, 5.74) is 0.960. The lowest BCUT2D eigenvalue weighted by atomic mass is 10.1. The van der Waals surface area contributed by atoms with E-state index >= 15 is 0 Å². The summed E-state index contributed by atoms with van der Waals surface area (Å²) in [4.78, 5) is 35.3. The average molecular weight is 360 g/mol. The van der Waals surface area contributed by atoms with Gasteiger partial charge in [0.1, 0.15) is 0 Å². The molecule has 2 rings (SSSR count). The first-order valence-electron chi connectivity index (χ1n) is 7.43. The van der Waals surface area contributed by atoms with Crippen molar-refractivity contribution in [1.29, 1.82) is 0 Å². The molecule has 6 nitrogen and oxygen atoms in total. The van der Waals surface area contributed by atoms with Crippen LogP contribution in [0.2, 0.25) is 0 Å². The normalized spacial score (nSPS) is 10.3. The van der Waals surface area contributed by atoms with E-state index in [1.54, 1.807) is 31.2 Å². The van der Waals surface area contributed by atoms with Gasteiger partial charge in [0.2, 0.25) is 0 Å². The zero-order valence-electron chi connectivity index (χ0n) is 13.4. The van der Waals surface area contributed by atoms with Gasteiger partial charge in [-0.2, -0.15) is 0 Å². The van der Waals surface area contributed by atoms with E-state index < -0.39 is 17.9 Å². The molecule has 0 fully saturated rings. The number of carbonyl (C=O) groups is 3. The number of hydrogen-bond acceptors (Lipinski definition) is 5. The highest BCUT2D eigenvalue weighted by atomic mass is 32.2. The Labute approximate surface area is 148 Å². The molecule has 2 N–H and O–H groups in total. The summed E-state index contributed by atoms with van der Waals surface area (Å²) in [6, 6.07) is 11.0. The molecule has 0 unspecified atom stereocenters. The molecular formula is C18H16O6S. The molecule has 0 bridgehead atoms. The molecule has 0 aliphatic carbocycles. The summed E-state index contributed by atoms with van der Waals surface area (Å²) < 4.78 is 4.93. The van der Waals surface area contributed by atoms with Crippen LogP contribution in [0.25, 0.3) is 0 Å². The largest absolute Gasteiger partial charge is 0.481 e. The van der Waals surface area contributed by atoms with Gasteiger partial charge in [-0.3, -0.25) is 4.79 Å². The number of carboxylic acids is 2. The average Bonchev–Trinajstić information content (AvgIpc) is 2.56. The maximum atomic E-state index is 11.8. The van der Waals surface area contributed by atoms with E-state index in [1.165, 1.54) is 30.0 Å². The second-order valence-corrected chi connectivity index (χ2v) is 6.16. The maximum absolute atomic E-state index is 11.8. The molecule has 0 aromatic heterocycles. The minimum atomic E-state index is -1.01. The van der Waals surface area contributed by atoms with Crippen LogP contribution < -0.4 is 0 Å². The van der Waals surface area contributed by atoms with Crippen molar-refractivity contribution in [3.05, 3.63) is 59.2 Å². The van der Waals surface area contributed by atoms with Crippen molar-refractivity contribution in [2.24, 2.45) is 0 Å². The van der Waals surface area contributed by atoms with Gasteiger partial charge in [-0.05, 0) is 55.0 Å². The van der Waals surface area contributed by atoms with E-state index in [0.717, 1.165) is 4.90 Å². The maximum Gasteiger partial charge on any atom is 0.338 e. The Morgan fingerprint density at radius 3 is 2.20 bits per heavy atom. The summed E-state index contributed by atoms with van der Waals surface area (Å²) in [6.45, 7) is 1.93. The molecule has 0 heterocycles. The van der Waals surface area contributed by atoms with E-state index in [2.05, 4.69) is 0 Å². The standard InChI is InChI=1S/C18H16O6S/c1-2-24-18(23)12-5-8-15(13(9-12)10-16(19)20)25-14-6-3-11(4-7-14)17(21)22/h3-9H,2,10H2,1H3,(H,19,20)(H,21,22). The molecule has 2 aromatic carbocycles. The summed E-state index contributed by atoms with van der Waals surface area (Å²) >= 11 is 1.30. The fraction of sp³-hybridized carbons (Fsp3) is 0.167. The van der Waals surface area contributed by atoms with E-state index in [1.807, 2.05) is 0 Å². The van der Waals surface area contributed by atoms with Crippen molar-refractivity contribution in [2.75, 3.05) is 6.61 Å². The predicted molar refractivity (Wildman–Crippen MR) is 91.3 cm³/mol. The third-order valence-corrected chi connectivity index (χ3v) is 4.37. The van der Waals surface area contributed by atoms with Crippen molar-refractivity contribution < 1.29 is 29.3 Å². The molecule has 0 aliphatic heterocycles. The van der Waals surface area contributed by atoms with Crippen LogP contribution in [0.5, 0.6) is 0 Å². The number of carbonyl (C=O) groups excluding carboxylic acids is 1. The molecule has 0 spiro atoms. The van der Waals surface area contributed by atoms with Gasteiger partial charge in [0.05, 0.1) is 24.2 Å². The smallest absolute Gasteiger partial charge is 0.338 e. The Balaban J connectivity index is 2.30. The van der Waals surface area contributed by atoms with Crippen LogP contribution in [-0.2, 0) is 16.0 Å². The highest BCUT2D eigenvalue weighted by Crippen LogP contribution is 2.32. The number of carboxylic acid groups (broad SMARTS) is 2. The Kier molecular flexibility index (Phi) is 6.19. The van der Waals surface area contributed by atoms with E-state index in [0.29, 0.717) is 16.0 Å². The first-order valence-corrected chi connectivity index (χ1v) is 8.25. The highest BCUT2D eigenvalue weighted by Gasteiger charge is 2.14. The van der Waals surface area contributed by atoms with Crippen molar-refractivity contribution in [1.82, 2.24) is 0 Å². The summed E-state index contributed by atoms with van der Waals surface area (Å²) in [5.74, 6) is -2.53. The molecule has 0 radical (unpaired) electrons. The van der Waals surface area contributed by atoms with E-state index in [9.17, 15) is 14.4 Å². The Bertz CT molecular complexity index is 798. The van der Waals surface area contributed by atoms with Gasteiger partial charge in [-0.15, -0.1) is 0 Å². The zero-order chi connectivity index (χ0) is 18.4. The Hall–Kier alpha value is -2.80. The first-order chi connectivity index (χ1) is 11.9. The molecule has 0 aliphatic rings. The minimum absolute atomic E-state index is 0.174. The molecule has 25 heavy (non-hydrogen) atoms. The third-order valence-electron chi connectivity index (χ3n) is 3.24. The van der Waals surface area contributed by atoms with Crippen molar-refractivity contribution >= 4 is 29.7 Å². The molecule has 0 amide bonds. The number of aromatic carboxylic acids is 1. The topological polar surface area (TPSA) is 101 Å². The molecule has 0 saturated heterocycles. The van der Waals surface area contributed by atoms with Crippen LogP contribution in [0.4, 0.5) is 0 Å². The second-order valence-electron chi connectivity index (χ2n) is 5.05. The monoisotopic (exact) mass is 360 g/mol. The SMILES string of the molecule is CCOC(=O)c1ccc(Sc2ccc(C(=O)O)cc2)c(CC(=O)O)c1. The van der Waals surface area contributed by atoms with Crippen LogP contribution >= 0.6 is 11.8 Å². The predicted octanol–water partition coefficient (Wildman–Crippen LogP) is 3.34. The van der Waals surface area contributed by atoms with Crippen molar-refractivity contribution in [2.45, 2.75) is 23.1 Å². The number of ether oxygens (including phenoxy) is 1. The number of hydrogen-bond donors (Lipinski definition) is 2. The van der Waals surface area contributed by atoms with Gasteiger partial charge >= 0.3 is 17.9 Å². The number of esters is 1. The molecule has 2 aromatic rings. The lowest BCUT2D eigenvalue weighted by Crippen LogP contribution is -2.07. The Morgan fingerprint density at radius 1 is 1.00 bits per heavy atom. The van der Waals surface area contributed by atoms with Gasteiger partial charge < -0.3 is 14.9 Å². The Morgan fingerprint density at radius 2 is 1.64 bits per heavy atom. The van der Waals surface area contributed by atoms with Gasteiger partial charge in [-0.25, -0.2) is 9.59 Å². The summed E-state index contributed by atoms with van der Waals surface area (Å²) in [7, 11) is 0. The lowest BCUT2D eigenvalue weighted by molar-refractivity contribution is -0.136. The van der Waals surface area contributed by atoms with Crippen LogP contribution in [0.15, 0.2) is 52.3 Å². The van der Waals surface area contributed by atoms with Gasteiger partial charge in [0.25, 0.3) is 0 Å². The molecular weight excluding hydrogens is 344 g/mol. The van der Waals surface area contributed by atoms with Crippen LogP contribution in [-0.4, -0.2) is 34.7 Å². The highest BCUT2D eigenvalue weighted by molar-refractivity contribution is 7.99. The second kappa shape index (κ2) is 8.34. The summed E-state index contributed by atoms with van der Waals surface area (Å²) in [5, 5.41) is 18.0. The van der Waals surface area contributed by atoms with E-state index in [4.69, 9.17) is 14.9 Å². The van der Waals surface area contributed by atoms with Gasteiger partial charge in [0, 0.05) is 9.79 Å².